The molecule has 3 rings (SSSR count). The van der Waals surface area contributed by atoms with Crippen LogP contribution in [0.5, 0.6) is 11.5 Å². The van der Waals surface area contributed by atoms with Crippen molar-refractivity contribution in [1.29, 1.82) is 0 Å². The van der Waals surface area contributed by atoms with E-state index in [1.165, 1.54) is 0 Å². The van der Waals surface area contributed by atoms with E-state index in [0.717, 1.165) is 29.1 Å². The van der Waals surface area contributed by atoms with Gasteiger partial charge in [-0.2, -0.15) is 4.98 Å². The van der Waals surface area contributed by atoms with Crippen molar-refractivity contribution >= 4 is 17.5 Å². The second kappa shape index (κ2) is 9.03. The lowest BCUT2D eigenvalue weighted by atomic mass is 10.2. The highest BCUT2D eigenvalue weighted by Crippen LogP contribution is 2.32. The fourth-order valence-electron chi connectivity index (χ4n) is 2.60. The molecule has 0 radical (unpaired) electrons. The van der Waals surface area contributed by atoms with Crippen molar-refractivity contribution in [3.8, 4) is 22.8 Å². The number of hydrogen-bond donors (Lipinski definition) is 2. The van der Waals surface area contributed by atoms with E-state index >= 15 is 0 Å². The summed E-state index contributed by atoms with van der Waals surface area (Å²) in [4.78, 5) is 13.5. The third-order valence-electron chi connectivity index (χ3n) is 4.34. The number of ether oxygens (including phenoxy) is 2. The Balaban J connectivity index is 1.99. The molecule has 28 heavy (non-hydrogen) atoms. The molecule has 146 valence electrons. The average Bonchev–Trinajstić information content (AvgIpc) is 2.74. The maximum Gasteiger partial charge on any atom is 0.225 e. The summed E-state index contributed by atoms with van der Waals surface area (Å²) < 4.78 is 10.7. The predicted molar refractivity (Wildman–Crippen MR) is 111 cm³/mol. The standard InChI is InChI=1S/C21H25N5O2/c1-5-14(2)23-21-25-18(15-7-6-10-22-13-15)12-20(26-21)24-17-9-8-16(27-3)11-19(17)28-4/h6-14H,5H2,1-4H3,(H2,23,24,25,26)/t14-/m0/s1. The summed E-state index contributed by atoms with van der Waals surface area (Å²) in [6.07, 6.45) is 4.49. The topological polar surface area (TPSA) is 81.2 Å². The van der Waals surface area contributed by atoms with Gasteiger partial charge in [-0.3, -0.25) is 4.98 Å². The van der Waals surface area contributed by atoms with Gasteiger partial charge in [0.25, 0.3) is 0 Å². The van der Waals surface area contributed by atoms with Crippen LogP contribution in [0.2, 0.25) is 0 Å². The van der Waals surface area contributed by atoms with Gasteiger partial charge >= 0.3 is 0 Å². The monoisotopic (exact) mass is 379 g/mol. The van der Waals surface area contributed by atoms with Gasteiger partial charge in [0.15, 0.2) is 0 Å². The molecule has 1 atom stereocenters. The number of anilines is 3. The molecule has 7 nitrogen and oxygen atoms in total. The molecule has 3 aromatic rings. The van der Waals surface area contributed by atoms with E-state index in [2.05, 4.69) is 39.4 Å². The molecule has 0 saturated heterocycles. The number of rotatable bonds is 8. The van der Waals surface area contributed by atoms with Crippen molar-refractivity contribution < 1.29 is 9.47 Å². The molecule has 0 bridgehead atoms. The summed E-state index contributed by atoms with van der Waals surface area (Å²) in [6, 6.07) is 11.6. The van der Waals surface area contributed by atoms with E-state index in [1.54, 1.807) is 26.6 Å². The predicted octanol–water partition coefficient (Wildman–Crippen LogP) is 4.51. The Hall–Kier alpha value is -3.35. The zero-order chi connectivity index (χ0) is 19.9. The van der Waals surface area contributed by atoms with E-state index < -0.39 is 0 Å². The van der Waals surface area contributed by atoms with Crippen LogP contribution in [0.3, 0.4) is 0 Å². The number of pyridine rings is 1. The van der Waals surface area contributed by atoms with Crippen LogP contribution < -0.4 is 20.1 Å². The van der Waals surface area contributed by atoms with Crippen LogP contribution in [-0.4, -0.2) is 35.2 Å². The van der Waals surface area contributed by atoms with E-state index in [0.29, 0.717) is 17.5 Å². The summed E-state index contributed by atoms with van der Waals surface area (Å²) in [7, 11) is 3.25. The molecule has 0 amide bonds. The van der Waals surface area contributed by atoms with Crippen molar-refractivity contribution in [2.45, 2.75) is 26.3 Å². The minimum absolute atomic E-state index is 0.257. The van der Waals surface area contributed by atoms with Crippen LogP contribution in [0.1, 0.15) is 20.3 Å². The van der Waals surface area contributed by atoms with Crippen molar-refractivity contribution in [1.82, 2.24) is 15.0 Å². The van der Waals surface area contributed by atoms with Crippen molar-refractivity contribution in [3.05, 3.63) is 48.8 Å². The Morgan fingerprint density at radius 3 is 2.61 bits per heavy atom. The molecule has 2 heterocycles. The van der Waals surface area contributed by atoms with Gasteiger partial charge in [-0.15, -0.1) is 0 Å². The molecule has 0 spiro atoms. The molecular weight excluding hydrogens is 354 g/mol. The normalized spacial score (nSPS) is 11.6. The maximum atomic E-state index is 5.48. The summed E-state index contributed by atoms with van der Waals surface area (Å²) in [6.45, 7) is 4.21. The number of nitrogens with one attached hydrogen (secondary N) is 2. The van der Waals surface area contributed by atoms with Gasteiger partial charge in [-0.1, -0.05) is 6.92 Å². The van der Waals surface area contributed by atoms with E-state index in [4.69, 9.17) is 9.47 Å². The number of aromatic nitrogens is 3. The minimum Gasteiger partial charge on any atom is -0.497 e. The number of benzene rings is 1. The van der Waals surface area contributed by atoms with Crippen molar-refractivity contribution in [2.24, 2.45) is 0 Å². The van der Waals surface area contributed by atoms with Crippen LogP contribution >= 0.6 is 0 Å². The number of nitrogens with zero attached hydrogens (tertiary/aromatic N) is 3. The zero-order valence-electron chi connectivity index (χ0n) is 16.6. The first-order valence-electron chi connectivity index (χ1n) is 9.18. The zero-order valence-corrected chi connectivity index (χ0v) is 16.6. The first-order chi connectivity index (χ1) is 13.6. The molecule has 0 saturated carbocycles. The first kappa shape index (κ1) is 19.4. The summed E-state index contributed by atoms with van der Waals surface area (Å²) >= 11 is 0. The van der Waals surface area contributed by atoms with E-state index in [1.807, 2.05) is 36.4 Å². The highest BCUT2D eigenvalue weighted by atomic mass is 16.5. The lowest BCUT2D eigenvalue weighted by molar-refractivity contribution is 0.395. The highest BCUT2D eigenvalue weighted by Gasteiger charge is 2.11. The fraction of sp³-hybridized carbons (Fsp3) is 0.286. The van der Waals surface area contributed by atoms with Gasteiger partial charge in [0.05, 0.1) is 25.6 Å². The first-order valence-corrected chi connectivity index (χ1v) is 9.18. The molecular formula is C21H25N5O2. The van der Waals surface area contributed by atoms with Crippen LogP contribution in [0, 0.1) is 0 Å². The summed E-state index contributed by atoms with van der Waals surface area (Å²) in [5.41, 5.74) is 2.49. The molecule has 2 N–H and O–H groups in total. The van der Waals surface area contributed by atoms with Crippen LogP contribution in [-0.2, 0) is 0 Å². The van der Waals surface area contributed by atoms with Crippen molar-refractivity contribution in [3.63, 3.8) is 0 Å². The lowest BCUT2D eigenvalue weighted by Crippen LogP contribution is -2.16. The Labute approximate surface area is 165 Å². The van der Waals surface area contributed by atoms with Gasteiger partial charge in [0.2, 0.25) is 5.95 Å². The van der Waals surface area contributed by atoms with Gasteiger partial charge in [-0.05, 0) is 37.6 Å². The van der Waals surface area contributed by atoms with Crippen molar-refractivity contribution in [2.75, 3.05) is 24.9 Å². The van der Waals surface area contributed by atoms with Gasteiger partial charge in [-0.25, -0.2) is 4.98 Å². The third-order valence-corrected chi connectivity index (χ3v) is 4.34. The second-order valence-corrected chi connectivity index (χ2v) is 6.35. The molecule has 0 unspecified atom stereocenters. The Morgan fingerprint density at radius 1 is 1.07 bits per heavy atom. The van der Waals surface area contributed by atoms with Crippen LogP contribution in [0.15, 0.2) is 48.8 Å². The average molecular weight is 379 g/mol. The van der Waals surface area contributed by atoms with Gasteiger partial charge in [0, 0.05) is 36.1 Å². The molecule has 2 aromatic heterocycles. The van der Waals surface area contributed by atoms with Crippen LogP contribution in [0.4, 0.5) is 17.5 Å². The number of hydrogen-bond acceptors (Lipinski definition) is 7. The van der Waals surface area contributed by atoms with E-state index in [9.17, 15) is 0 Å². The minimum atomic E-state index is 0.257. The fourth-order valence-corrected chi connectivity index (χ4v) is 2.60. The molecule has 0 aliphatic carbocycles. The lowest BCUT2D eigenvalue weighted by Gasteiger charge is -2.16. The smallest absolute Gasteiger partial charge is 0.225 e. The Bertz CT molecular complexity index is 918. The number of methoxy groups -OCH3 is 2. The van der Waals surface area contributed by atoms with Crippen LogP contribution in [0.25, 0.3) is 11.3 Å². The molecule has 7 heteroatoms. The van der Waals surface area contributed by atoms with Gasteiger partial charge < -0.3 is 20.1 Å². The largest absolute Gasteiger partial charge is 0.497 e. The molecule has 0 aliphatic heterocycles. The Kier molecular flexibility index (Phi) is 6.26. The second-order valence-electron chi connectivity index (χ2n) is 6.35. The summed E-state index contributed by atoms with van der Waals surface area (Å²) in [5.74, 6) is 2.60. The third kappa shape index (κ3) is 4.68. The SMILES string of the molecule is CC[C@H](C)Nc1nc(Nc2ccc(OC)cc2OC)cc(-c2cccnc2)n1. The van der Waals surface area contributed by atoms with E-state index in [-0.39, 0.29) is 6.04 Å². The highest BCUT2D eigenvalue weighted by molar-refractivity contribution is 5.70. The maximum absolute atomic E-state index is 5.48. The Morgan fingerprint density at radius 2 is 1.93 bits per heavy atom. The quantitative estimate of drug-likeness (QED) is 0.596. The van der Waals surface area contributed by atoms with Gasteiger partial charge in [0.1, 0.15) is 17.3 Å². The molecule has 1 aromatic carbocycles. The molecule has 0 fully saturated rings. The molecule has 0 aliphatic rings. The summed E-state index contributed by atoms with van der Waals surface area (Å²) in [5, 5.41) is 6.67.